The Morgan fingerprint density at radius 1 is 0.861 bits per heavy atom. The summed E-state index contributed by atoms with van der Waals surface area (Å²) in [4.78, 5) is 8.26. The number of tetrazole rings is 1. The van der Waals surface area contributed by atoms with E-state index >= 15 is 0 Å². The fraction of sp³-hybridized carbons (Fsp3) is 0.207. The van der Waals surface area contributed by atoms with Gasteiger partial charge in [0.1, 0.15) is 0 Å². The molecule has 0 aliphatic carbocycles. The van der Waals surface area contributed by atoms with Gasteiger partial charge in [-0.1, -0.05) is 72.8 Å². The van der Waals surface area contributed by atoms with E-state index < -0.39 is 0 Å². The van der Waals surface area contributed by atoms with E-state index in [-0.39, 0.29) is 6.04 Å². The van der Waals surface area contributed by atoms with Crippen LogP contribution in [-0.4, -0.2) is 67.7 Å². The van der Waals surface area contributed by atoms with Crippen LogP contribution in [0.15, 0.2) is 97.2 Å². The highest BCUT2D eigenvalue weighted by Gasteiger charge is 2.30. The number of hydrogen-bond donors (Lipinski definition) is 1. The molecule has 3 aromatic carbocycles. The van der Waals surface area contributed by atoms with Crippen LogP contribution in [0.1, 0.15) is 23.0 Å². The Morgan fingerprint density at radius 3 is 2.44 bits per heavy atom. The zero-order valence-electron chi connectivity index (χ0n) is 20.1. The first-order chi connectivity index (χ1) is 17.8. The van der Waals surface area contributed by atoms with Crippen molar-refractivity contribution in [2.24, 2.45) is 0 Å². The van der Waals surface area contributed by atoms with Crippen LogP contribution in [0.4, 0.5) is 0 Å². The molecule has 6 rings (SSSR count). The minimum atomic E-state index is -0.0230. The highest BCUT2D eigenvalue weighted by atomic mass is 15.6. The maximum Gasteiger partial charge on any atom is 0.178 e. The van der Waals surface area contributed by atoms with Crippen LogP contribution in [0, 0.1) is 0 Å². The second-order valence-corrected chi connectivity index (χ2v) is 9.16. The van der Waals surface area contributed by atoms with Gasteiger partial charge in [-0.3, -0.25) is 9.80 Å². The van der Waals surface area contributed by atoms with E-state index in [2.05, 4.69) is 127 Å². The van der Waals surface area contributed by atoms with Crippen LogP contribution in [0.2, 0.25) is 0 Å². The average molecular weight is 476 g/mol. The lowest BCUT2D eigenvalue weighted by Crippen LogP contribution is -2.48. The molecule has 1 fully saturated rings. The highest BCUT2D eigenvalue weighted by Crippen LogP contribution is 2.30. The Balaban J connectivity index is 1.23. The van der Waals surface area contributed by atoms with E-state index in [1.54, 1.807) is 0 Å². The molecule has 1 atom stereocenters. The van der Waals surface area contributed by atoms with Gasteiger partial charge >= 0.3 is 0 Å². The number of H-pyrrole nitrogens is 1. The summed E-state index contributed by atoms with van der Waals surface area (Å²) in [5.74, 6) is 0.841. The van der Waals surface area contributed by atoms with Crippen molar-refractivity contribution in [1.29, 1.82) is 0 Å². The van der Waals surface area contributed by atoms with Gasteiger partial charge in [0.25, 0.3) is 0 Å². The molecule has 1 N–H and O–H groups in total. The van der Waals surface area contributed by atoms with Crippen LogP contribution >= 0.6 is 0 Å². The molecular weight excluding hydrogens is 446 g/mol. The van der Waals surface area contributed by atoms with Crippen molar-refractivity contribution in [2.45, 2.75) is 6.04 Å². The minimum absolute atomic E-state index is 0.0230. The summed E-state index contributed by atoms with van der Waals surface area (Å²) >= 11 is 0. The Labute approximate surface area is 210 Å². The second kappa shape index (κ2) is 10.3. The zero-order valence-corrected chi connectivity index (χ0v) is 20.1. The summed E-state index contributed by atoms with van der Waals surface area (Å²) in [6.07, 6.45) is 6.42. The number of fused-ring (bicyclic) bond motifs is 1. The molecule has 2 aromatic heterocycles. The van der Waals surface area contributed by atoms with Gasteiger partial charge in [0, 0.05) is 49.8 Å². The van der Waals surface area contributed by atoms with E-state index in [4.69, 9.17) is 0 Å². The molecular formula is C29H29N7. The van der Waals surface area contributed by atoms with E-state index in [9.17, 15) is 0 Å². The Morgan fingerprint density at radius 2 is 1.64 bits per heavy atom. The molecule has 0 saturated carbocycles. The summed E-state index contributed by atoms with van der Waals surface area (Å²) in [6, 6.07) is 29.4. The smallest absolute Gasteiger partial charge is 0.178 e. The van der Waals surface area contributed by atoms with Crippen LogP contribution in [-0.2, 0) is 0 Å². The Bertz CT molecular complexity index is 1430. The average Bonchev–Trinajstić information content (AvgIpc) is 3.60. The predicted octanol–water partition coefficient (Wildman–Crippen LogP) is 4.56. The fourth-order valence-electron chi connectivity index (χ4n) is 4.99. The SMILES string of the molecule is C(=Cc1ccccc1)CN1CCN(C(c2ccccc2)c2nnnn2-c2ccc3[nH]ccc3c2)CC1. The number of nitrogens with zero attached hydrogens (tertiary/aromatic N) is 6. The van der Waals surface area contributed by atoms with Gasteiger partial charge in [0.05, 0.1) is 11.7 Å². The third-order valence-corrected chi connectivity index (χ3v) is 6.88. The number of aromatic nitrogens is 5. The molecule has 1 unspecified atom stereocenters. The second-order valence-electron chi connectivity index (χ2n) is 9.16. The number of benzene rings is 3. The summed E-state index contributed by atoms with van der Waals surface area (Å²) in [5.41, 5.74) is 4.51. The first-order valence-corrected chi connectivity index (χ1v) is 12.4. The van der Waals surface area contributed by atoms with Crippen LogP contribution in [0.5, 0.6) is 0 Å². The van der Waals surface area contributed by atoms with Gasteiger partial charge in [-0.2, -0.15) is 4.68 Å². The minimum Gasteiger partial charge on any atom is -0.361 e. The maximum atomic E-state index is 4.54. The number of nitrogens with one attached hydrogen (secondary N) is 1. The van der Waals surface area contributed by atoms with Crippen molar-refractivity contribution in [3.8, 4) is 5.69 Å². The van der Waals surface area contributed by atoms with Crippen LogP contribution in [0.25, 0.3) is 22.7 Å². The van der Waals surface area contributed by atoms with Crippen molar-refractivity contribution in [2.75, 3.05) is 32.7 Å². The van der Waals surface area contributed by atoms with Gasteiger partial charge in [-0.25, -0.2) is 0 Å². The topological polar surface area (TPSA) is 65.9 Å². The lowest BCUT2D eigenvalue weighted by Gasteiger charge is -2.38. The Hall–Kier alpha value is -4.07. The maximum absolute atomic E-state index is 4.54. The van der Waals surface area contributed by atoms with Crippen molar-refractivity contribution >= 4 is 17.0 Å². The molecule has 180 valence electrons. The van der Waals surface area contributed by atoms with E-state index in [0.29, 0.717) is 0 Å². The number of aromatic amines is 1. The summed E-state index contributed by atoms with van der Waals surface area (Å²) in [5, 5.41) is 14.2. The zero-order chi connectivity index (χ0) is 24.2. The van der Waals surface area contributed by atoms with E-state index in [1.807, 2.05) is 10.9 Å². The van der Waals surface area contributed by atoms with Crippen molar-refractivity contribution < 1.29 is 0 Å². The molecule has 7 heteroatoms. The van der Waals surface area contributed by atoms with Gasteiger partial charge in [0.2, 0.25) is 0 Å². The quantitative estimate of drug-likeness (QED) is 0.374. The third-order valence-electron chi connectivity index (χ3n) is 6.88. The normalized spacial score (nSPS) is 16.1. The molecule has 3 heterocycles. The van der Waals surface area contributed by atoms with Crippen molar-refractivity contribution in [1.82, 2.24) is 35.0 Å². The van der Waals surface area contributed by atoms with Crippen LogP contribution in [0.3, 0.4) is 0 Å². The largest absolute Gasteiger partial charge is 0.361 e. The molecule has 1 aliphatic heterocycles. The van der Waals surface area contributed by atoms with E-state index in [0.717, 1.165) is 55.1 Å². The van der Waals surface area contributed by atoms with Gasteiger partial charge in [-0.15, -0.1) is 5.10 Å². The summed E-state index contributed by atoms with van der Waals surface area (Å²) in [6.45, 7) is 4.84. The molecule has 1 saturated heterocycles. The van der Waals surface area contributed by atoms with Gasteiger partial charge in [0.15, 0.2) is 5.82 Å². The molecule has 0 spiro atoms. The predicted molar refractivity (Wildman–Crippen MR) is 143 cm³/mol. The van der Waals surface area contributed by atoms with Gasteiger partial charge < -0.3 is 4.98 Å². The van der Waals surface area contributed by atoms with Gasteiger partial charge in [-0.05, 0) is 45.8 Å². The van der Waals surface area contributed by atoms with E-state index in [1.165, 1.54) is 11.1 Å². The molecule has 0 radical (unpaired) electrons. The molecule has 5 aromatic rings. The number of hydrogen-bond acceptors (Lipinski definition) is 5. The molecule has 7 nitrogen and oxygen atoms in total. The van der Waals surface area contributed by atoms with Crippen LogP contribution < -0.4 is 0 Å². The lowest BCUT2D eigenvalue weighted by atomic mass is 10.0. The van der Waals surface area contributed by atoms with Crippen molar-refractivity contribution in [3.63, 3.8) is 0 Å². The van der Waals surface area contributed by atoms with Crippen molar-refractivity contribution in [3.05, 3.63) is 114 Å². The summed E-state index contributed by atoms with van der Waals surface area (Å²) < 4.78 is 1.89. The molecule has 0 bridgehead atoms. The summed E-state index contributed by atoms with van der Waals surface area (Å²) in [7, 11) is 0. The Kier molecular flexibility index (Phi) is 6.39. The number of piperazine rings is 1. The third kappa shape index (κ3) is 4.71. The molecule has 1 aliphatic rings. The lowest BCUT2D eigenvalue weighted by molar-refractivity contribution is 0.113. The first-order valence-electron chi connectivity index (χ1n) is 12.4. The standard InChI is InChI=1S/C29H29N7/c1-3-8-23(9-4-1)10-7-17-34-18-20-35(21-19-34)28(24-11-5-2-6-12-24)29-31-32-33-36(29)26-13-14-27-25(22-26)15-16-30-27/h1-16,22,28,30H,17-21H2. The molecule has 0 amide bonds. The number of rotatable bonds is 7. The monoisotopic (exact) mass is 475 g/mol. The highest BCUT2D eigenvalue weighted by molar-refractivity contribution is 5.81. The fourth-order valence-corrected chi connectivity index (χ4v) is 4.99. The molecule has 36 heavy (non-hydrogen) atoms. The first kappa shape index (κ1) is 22.4.